The van der Waals surface area contributed by atoms with Gasteiger partial charge in [0, 0.05) is 5.92 Å². The van der Waals surface area contributed by atoms with Gasteiger partial charge in [-0.2, -0.15) is 0 Å². The van der Waals surface area contributed by atoms with Crippen LogP contribution >= 0.6 is 0 Å². The van der Waals surface area contributed by atoms with Crippen LogP contribution in [0.2, 0.25) is 0 Å². The standard InChI is InChI=1S/C24H21N5O5S/c25-20-19-21(27-13-26-20)29(14-28-19)22-17(11-33-23(30)15-7-3-1-4-8-15)18(35(22)32)12-34-24(31)16-9-5-2-6-10-16/h1-10,13-14,17-18,22H,11-12H2,(H2,25,26,27)/t17-,18?,22+,35?/m0/s1. The molecule has 0 amide bonds. The van der Waals surface area contributed by atoms with Gasteiger partial charge in [-0.1, -0.05) is 36.4 Å². The molecule has 0 saturated carbocycles. The second-order valence-corrected chi connectivity index (χ2v) is 9.68. The number of nitrogens with two attached hydrogens (primary N) is 1. The molecule has 3 heterocycles. The van der Waals surface area contributed by atoms with E-state index >= 15 is 0 Å². The molecule has 5 rings (SSSR count). The van der Waals surface area contributed by atoms with E-state index in [1.807, 2.05) is 0 Å². The summed E-state index contributed by atoms with van der Waals surface area (Å²) in [6.45, 7) is -0.119. The van der Waals surface area contributed by atoms with E-state index in [2.05, 4.69) is 15.0 Å². The Morgan fingerprint density at radius 1 is 0.886 bits per heavy atom. The summed E-state index contributed by atoms with van der Waals surface area (Å²) in [6.07, 6.45) is 2.80. The average molecular weight is 492 g/mol. The van der Waals surface area contributed by atoms with E-state index in [1.165, 1.54) is 12.7 Å². The first-order valence-corrected chi connectivity index (χ1v) is 12.1. The summed E-state index contributed by atoms with van der Waals surface area (Å²) in [5.41, 5.74) is 7.52. The number of fused-ring (bicyclic) bond motifs is 1. The number of esters is 2. The molecule has 0 bridgehead atoms. The fourth-order valence-corrected chi connectivity index (χ4v) is 5.87. The van der Waals surface area contributed by atoms with Gasteiger partial charge in [0.25, 0.3) is 0 Å². The molecule has 0 spiro atoms. The number of benzene rings is 2. The number of rotatable bonds is 7. The minimum absolute atomic E-state index is 0.0298. The zero-order valence-corrected chi connectivity index (χ0v) is 19.2. The van der Waals surface area contributed by atoms with Crippen molar-refractivity contribution >= 4 is 39.7 Å². The lowest BCUT2D eigenvalue weighted by Gasteiger charge is -2.43. The topological polar surface area (TPSA) is 139 Å². The summed E-state index contributed by atoms with van der Waals surface area (Å²) in [5.74, 6) is -1.22. The quantitative estimate of drug-likeness (QED) is 0.386. The highest BCUT2D eigenvalue weighted by Crippen LogP contribution is 2.43. The van der Waals surface area contributed by atoms with Crippen LogP contribution in [0.1, 0.15) is 26.1 Å². The van der Waals surface area contributed by atoms with Crippen molar-refractivity contribution < 1.29 is 23.3 Å². The van der Waals surface area contributed by atoms with E-state index in [-0.39, 0.29) is 19.0 Å². The lowest BCUT2D eigenvalue weighted by molar-refractivity contribution is 0.0308. The van der Waals surface area contributed by atoms with Crippen molar-refractivity contribution in [3.63, 3.8) is 0 Å². The maximum absolute atomic E-state index is 13.3. The number of imidazole rings is 1. The van der Waals surface area contributed by atoms with E-state index in [0.717, 1.165) is 0 Å². The van der Waals surface area contributed by atoms with Gasteiger partial charge in [0.1, 0.15) is 23.8 Å². The van der Waals surface area contributed by atoms with Crippen molar-refractivity contribution in [1.29, 1.82) is 0 Å². The lowest BCUT2D eigenvalue weighted by Crippen LogP contribution is -2.53. The predicted molar refractivity (Wildman–Crippen MR) is 128 cm³/mol. The third-order valence-electron chi connectivity index (χ3n) is 5.85. The second kappa shape index (κ2) is 9.63. The first-order valence-electron chi connectivity index (χ1n) is 10.8. The molecule has 1 aliphatic heterocycles. The molecule has 178 valence electrons. The van der Waals surface area contributed by atoms with Gasteiger partial charge >= 0.3 is 11.9 Å². The van der Waals surface area contributed by atoms with Crippen molar-refractivity contribution in [3.8, 4) is 0 Å². The Morgan fingerprint density at radius 3 is 2.11 bits per heavy atom. The molecular weight excluding hydrogens is 470 g/mol. The van der Waals surface area contributed by atoms with Crippen LogP contribution in [0.5, 0.6) is 0 Å². The van der Waals surface area contributed by atoms with Crippen LogP contribution in [0.3, 0.4) is 0 Å². The minimum Gasteiger partial charge on any atom is -0.462 e. The molecule has 11 heteroatoms. The maximum Gasteiger partial charge on any atom is 0.338 e. The van der Waals surface area contributed by atoms with Crippen LogP contribution in [0.25, 0.3) is 11.2 Å². The Labute approximate surface area is 202 Å². The molecule has 0 aliphatic carbocycles. The zero-order valence-electron chi connectivity index (χ0n) is 18.4. The first-order chi connectivity index (χ1) is 17.0. The normalized spacial score (nSPS) is 21.3. The minimum atomic E-state index is -1.47. The van der Waals surface area contributed by atoms with Crippen LogP contribution in [0, 0.1) is 5.92 Å². The number of carbonyl (C=O) groups excluding carboxylic acids is 2. The highest BCUT2D eigenvalue weighted by Gasteiger charge is 2.51. The number of hydrogen-bond donors (Lipinski definition) is 1. The van der Waals surface area contributed by atoms with E-state index in [0.29, 0.717) is 22.3 Å². The highest BCUT2D eigenvalue weighted by molar-refractivity contribution is 7.87. The number of anilines is 1. The third kappa shape index (κ3) is 4.37. The lowest BCUT2D eigenvalue weighted by atomic mass is 10.0. The summed E-state index contributed by atoms with van der Waals surface area (Å²) in [5, 5.41) is -1.15. The van der Waals surface area contributed by atoms with Gasteiger partial charge in [-0.25, -0.2) is 24.5 Å². The fourth-order valence-electron chi connectivity index (χ4n) is 4.02. The number of nitrogen functional groups attached to an aromatic ring is 1. The zero-order chi connectivity index (χ0) is 24.4. The van der Waals surface area contributed by atoms with Crippen molar-refractivity contribution in [2.24, 2.45) is 5.92 Å². The largest absolute Gasteiger partial charge is 0.462 e. The van der Waals surface area contributed by atoms with Crippen molar-refractivity contribution in [2.45, 2.75) is 10.6 Å². The van der Waals surface area contributed by atoms with Crippen LogP contribution in [0.4, 0.5) is 5.82 Å². The molecule has 2 aromatic carbocycles. The van der Waals surface area contributed by atoms with Gasteiger partial charge in [-0.05, 0) is 24.3 Å². The Kier molecular flexibility index (Phi) is 6.23. The molecule has 4 atom stereocenters. The van der Waals surface area contributed by atoms with E-state index in [4.69, 9.17) is 15.2 Å². The molecule has 10 nitrogen and oxygen atoms in total. The van der Waals surface area contributed by atoms with Gasteiger partial charge < -0.3 is 15.2 Å². The summed E-state index contributed by atoms with van der Waals surface area (Å²) < 4.78 is 26.0. The number of aromatic nitrogens is 4. The Bertz CT molecular complexity index is 1400. The molecule has 1 fully saturated rings. The SMILES string of the molecule is Nc1ncnc2c1ncn2[C@H]1[C@@H](COC(=O)c2ccccc2)C(COC(=O)c2ccccc2)S1=O. The molecule has 35 heavy (non-hydrogen) atoms. The van der Waals surface area contributed by atoms with Gasteiger partial charge in [0.15, 0.2) is 11.5 Å². The van der Waals surface area contributed by atoms with Crippen LogP contribution < -0.4 is 5.73 Å². The molecule has 0 radical (unpaired) electrons. The van der Waals surface area contributed by atoms with Gasteiger partial charge in [-0.15, -0.1) is 0 Å². The molecule has 1 saturated heterocycles. The van der Waals surface area contributed by atoms with E-state index in [9.17, 15) is 13.8 Å². The molecule has 1 aliphatic rings. The van der Waals surface area contributed by atoms with E-state index < -0.39 is 39.3 Å². The smallest absolute Gasteiger partial charge is 0.338 e. The molecule has 2 N–H and O–H groups in total. The summed E-state index contributed by atoms with van der Waals surface area (Å²) >= 11 is 0. The van der Waals surface area contributed by atoms with E-state index in [1.54, 1.807) is 65.2 Å². The van der Waals surface area contributed by atoms with Gasteiger partial charge in [-0.3, -0.25) is 8.78 Å². The summed E-state index contributed by atoms with van der Waals surface area (Å²) in [7, 11) is -1.47. The Balaban J connectivity index is 1.37. The Hall–Kier alpha value is -4.12. The molecule has 2 aromatic heterocycles. The summed E-state index contributed by atoms with van der Waals surface area (Å²) in [6, 6.07) is 17.1. The number of carbonyl (C=O) groups is 2. The maximum atomic E-state index is 13.3. The highest BCUT2D eigenvalue weighted by atomic mass is 32.2. The number of hydrogen-bond acceptors (Lipinski definition) is 9. The van der Waals surface area contributed by atoms with Crippen molar-refractivity contribution in [1.82, 2.24) is 19.5 Å². The molecular formula is C24H21N5O5S. The van der Waals surface area contributed by atoms with Crippen molar-refractivity contribution in [2.75, 3.05) is 18.9 Å². The number of ether oxygens (including phenoxy) is 2. The monoisotopic (exact) mass is 491 g/mol. The average Bonchev–Trinajstić information content (AvgIpc) is 3.31. The fraction of sp³-hybridized carbons (Fsp3) is 0.208. The third-order valence-corrected chi connectivity index (χ3v) is 7.98. The molecule has 2 unspecified atom stereocenters. The Morgan fingerprint density at radius 2 is 1.49 bits per heavy atom. The molecule has 4 aromatic rings. The van der Waals surface area contributed by atoms with Gasteiger partial charge in [0.2, 0.25) is 0 Å². The van der Waals surface area contributed by atoms with Crippen LogP contribution in [0.15, 0.2) is 73.3 Å². The van der Waals surface area contributed by atoms with Crippen molar-refractivity contribution in [3.05, 3.63) is 84.4 Å². The first kappa shape index (κ1) is 22.7. The van der Waals surface area contributed by atoms with Gasteiger partial charge in [0.05, 0.1) is 40.1 Å². The summed E-state index contributed by atoms with van der Waals surface area (Å²) in [4.78, 5) is 37.4. The van der Waals surface area contributed by atoms with Crippen LogP contribution in [-0.4, -0.2) is 54.1 Å². The second-order valence-electron chi connectivity index (χ2n) is 7.93. The predicted octanol–water partition coefficient (Wildman–Crippen LogP) is 2.37. The number of nitrogens with zero attached hydrogens (tertiary/aromatic N) is 4. The van der Waals surface area contributed by atoms with Crippen LogP contribution in [-0.2, 0) is 20.3 Å².